The van der Waals surface area contributed by atoms with Crippen molar-refractivity contribution in [2.24, 2.45) is 0 Å². The van der Waals surface area contributed by atoms with E-state index in [-0.39, 0.29) is 5.91 Å². The van der Waals surface area contributed by atoms with E-state index in [1.807, 2.05) is 18.2 Å². The van der Waals surface area contributed by atoms with Gasteiger partial charge in [0, 0.05) is 36.8 Å². The van der Waals surface area contributed by atoms with Crippen molar-refractivity contribution in [3.8, 4) is 0 Å². The van der Waals surface area contributed by atoms with Crippen LogP contribution in [-0.2, 0) is 4.74 Å². The molecule has 0 N–H and O–H groups in total. The van der Waals surface area contributed by atoms with Crippen molar-refractivity contribution in [1.29, 1.82) is 0 Å². The number of amides is 1. The molecule has 0 spiro atoms. The Morgan fingerprint density at radius 2 is 1.82 bits per heavy atom. The van der Waals surface area contributed by atoms with Gasteiger partial charge in [0.25, 0.3) is 5.91 Å². The monoisotopic (exact) mass is 415 g/mol. The molecule has 8 heteroatoms. The number of nitrogens with zero attached hydrogens (tertiary/aromatic N) is 3. The van der Waals surface area contributed by atoms with Gasteiger partial charge in [0.15, 0.2) is 5.13 Å². The van der Waals surface area contributed by atoms with Gasteiger partial charge in [0.2, 0.25) is 0 Å². The van der Waals surface area contributed by atoms with Gasteiger partial charge in [0.1, 0.15) is 0 Å². The molecule has 28 heavy (non-hydrogen) atoms. The molecule has 2 aromatic carbocycles. The number of anilines is 1. The van der Waals surface area contributed by atoms with Crippen LogP contribution >= 0.6 is 22.9 Å². The zero-order chi connectivity index (χ0) is 19.7. The van der Waals surface area contributed by atoms with Crippen LogP contribution in [0.4, 0.5) is 5.13 Å². The van der Waals surface area contributed by atoms with Gasteiger partial charge in [-0.25, -0.2) is 9.78 Å². The SMILES string of the molecule is COC(=O)c1cccc(C(=O)N2CCN(c3nc4ccc(Cl)cc4s3)CC2)c1. The van der Waals surface area contributed by atoms with Crippen molar-refractivity contribution >= 4 is 50.2 Å². The van der Waals surface area contributed by atoms with Gasteiger partial charge in [-0.2, -0.15) is 0 Å². The number of esters is 1. The number of carbonyl (C=O) groups excluding carboxylic acids is 2. The van der Waals surface area contributed by atoms with Gasteiger partial charge in [-0.1, -0.05) is 29.0 Å². The largest absolute Gasteiger partial charge is 0.465 e. The maximum absolute atomic E-state index is 12.8. The summed E-state index contributed by atoms with van der Waals surface area (Å²) in [5.41, 5.74) is 1.80. The molecule has 0 aliphatic carbocycles. The number of fused-ring (bicyclic) bond motifs is 1. The molecule has 0 saturated carbocycles. The normalized spacial score (nSPS) is 14.4. The molecule has 1 amide bonds. The van der Waals surface area contributed by atoms with E-state index in [9.17, 15) is 9.59 Å². The average molecular weight is 416 g/mol. The van der Waals surface area contributed by atoms with Crippen LogP contribution in [0.15, 0.2) is 42.5 Å². The number of piperazine rings is 1. The highest BCUT2D eigenvalue weighted by atomic mass is 35.5. The van der Waals surface area contributed by atoms with Crippen LogP contribution in [0.2, 0.25) is 5.02 Å². The average Bonchev–Trinajstić information content (AvgIpc) is 3.16. The smallest absolute Gasteiger partial charge is 0.337 e. The van der Waals surface area contributed by atoms with E-state index < -0.39 is 5.97 Å². The van der Waals surface area contributed by atoms with Crippen molar-refractivity contribution in [3.63, 3.8) is 0 Å². The van der Waals surface area contributed by atoms with E-state index in [1.54, 1.807) is 40.5 Å². The van der Waals surface area contributed by atoms with Gasteiger partial charge in [-0.3, -0.25) is 4.79 Å². The molecule has 1 saturated heterocycles. The van der Waals surface area contributed by atoms with Gasteiger partial charge < -0.3 is 14.5 Å². The molecular weight excluding hydrogens is 398 g/mol. The Balaban J connectivity index is 1.44. The van der Waals surface area contributed by atoms with Crippen molar-refractivity contribution in [3.05, 3.63) is 58.6 Å². The highest BCUT2D eigenvalue weighted by molar-refractivity contribution is 7.22. The molecule has 0 atom stereocenters. The lowest BCUT2D eigenvalue weighted by molar-refractivity contribution is 0.0600. The van der Waals surface area contributed by atoms with E-state index in [0.29, 0.717) is 42.3 Å². The minimum absolute atomic E-state index is 0.0820. The number of benzene rings is 2. The fourth-order valence-electron chi connectivity index (χ4n) is 3.20. The van der Waals surface area contributed by atoms with Gasteiger partial charge in [-0.05, 0) is 36.4 Å². The number of ether oxygens (including phenoxy) is 1. The highest BCUT2D eigenvalue weighted by Gasteiger charge is 2.24. The summed E-state index contributed by atoms with van der Waals surface area (Å²) in [6, 6.07) is 12.3. The number of halogens is 1. The first-order valence-corrected chi connectivity index (χ1v) is 10.0. The Kier molecular flexibility index (Phi) is 5.19. The second-order valence-electron chi connectivity index (χ2n) is 6.46. The molecule has 1 aromatic heterocycles. The van der Waals surface area contributed by atoms with Crippen LogP contribution in [0.5, 0.6) is 0 Å². The van der Waals surface area contributed by atoms with Crippen molar-refractivity contribution in [2.45, 2.75) is 0 Å². The lowest BCUT2D eigenvalue weighted by Gasteiger charge is -2.34. The fourth-order valence-corrected chi connectivity index (χ4v) is 4.50. The first kappa shape index (κ1) is 18.7. The van der Waals surface area contributed by atoms with Crippen LogP contribution in [0, 0.1) is 0 Å². The zero-order valence-corrected chi connectivity index (χ0v) is 16.8. The molecule has 4 rings (SSSR count). The fraction of sp³-hybridized carbons (Fsp3) is 0.250. The Morgan fingerprint density at radius 1 is 1.07 bits per heavy atom. The minimum atomic E-state index is -0.449. The van der Waals surface area contributed by atoms with Crippen LogP contribution < -0.4 is 4.90 Å². The third-order valence-corrected chi connectivity index (χ3v) is 6.02. The summed E-state index contributed by atoms with van der Waals surface area (Å²) in [5.74, 6) is -0.531. The number of carbonyl (C=O) groups is 2. The first-order chi connectivity index (χ1) is 13.5. The van der Waals surface area contributed by atoms with E-state index in [1.165, 1.54) is 7.11 Å². The third-order valence-electron chi connectivity index (χ3n) is 4.71. The maximum atomic E-state index is 12.8. The highest BCUT2D eigenvalue weighted by Crippen LogP contribution is 2.31. The molecule has 1 aliphatic heterocycles. The third kappa shape index (κ3) is 3.68. The Bertz CT molecular complexity index is 1040. The summed E-state index contributed by atoms with van der Waals surface area (Å²) < 4.78 is 5.78. The Morgan fingerprint density at radius 3 is 2.57 bits per heavy atom. The summed E-state index contributed by atoms with van der Waals surface area (Å²) >= 11 is 7.67. The van der Waals surface area contributed by atoms with E-state index >= 15 is 0 Å². The minimum Gasteiger partial charge on any atom is -0.465 e. The van der Waals surface area contributed by atoms with Crippen molar-refractivity contribution < 1.29 is 14.3 Å². The molecule has 1 aliphatic rings. The lowest BCUT2D eigenvalue weighted by atomic mass is 10.1. The second kappa shape index (κ2) is 7.77. The number of methoxy groups -OCH3 is 1. The summed E-state index contributed by atoms with van der Waals surface area (Å²) in [6.07, 6.45) is 0. The quantitative estimate of drug-likeness (QED) is 0.610. The molecule has 144 valence electrons. The molecule has 0 bridgehead atoms. The maximum Gasteiger partial charge on any atom is 0.337 e. The first-order valence-electron chi connectivity index (χ1n) is 8.84. The van der Waals surface area contributed by atoms with Crippen molar-refractivity contribution in [1.82, 2.24) is 9.88 Å². The van der Waals surface area contributed by atoms with E-state index in [0.717, 1.165) is 15.3 Å². The predicted molar refractivity (Wildman–Crippen MR) is 111 cm³/mol. The van der Waals surface area contributed by atoms with Gasteiger partial charge >= 0.3 is 5.97 Å². The number of hydrogen-bond acceptors (Lipinski definition) is 6. The number of hydrogen-bond donors (Lipinski definition) is 0. The molecule has 3 aromatic rings. The Hall–Kier alpha value is -2.64. The van der Waals surface area contributed by atoms with Crippen LogP contribution in [-0.4, -0.2) is 55.0 Å². The number of rotatable bonds is 3. The molecule has 1 fully saturated rings. The topological polar surface area (TPSA) is 62.7 Å². The van der Waals surface area contributed by atoms with E-state index in [4.69, 9.17) is 16.3 Å². The molecule has 6 nitrogen and oxygen atoms in total. The summed E-state index contributed by atoms with van der Waals surface area (Å²) in [4.78, 5) is 33.2. The molecule has 2 heterocycles. The lowest BCUT2D eigenvalue weighted by Crippen LogP contribution is -2.48. The van der Waals surface area contributed by atoms with Gasteiger partial charge in [-0.15, -0.1) is 0 Å². The van der Waals surface area contributed by atoms with E-state index in [2.05, 4.69) is 9.88 Å². The number of aromatic nitrogens is 1. The molecule has 0 radical (unpaired) electrons. The predicted octanol–water partition coefficient (Wildman–Crippen LogP) is 3.70. The summed E-state index contributed by atoms with van der Waals surface area (Å²) in [7, 11) is 1.33. The molecular formula is C20H18ClN3O3S. The second-order valence-corrected chi connectivity index (χ2v) is 7.91. The van der Waals surface area contributed by atoms with Gasteiger partial charge in [0.05, 0.1) is 22.9 Å². The molecule has 0 unspecified atom stereocenters. The van der Waals surface area contributed by atoms with Crippen LogP contribution in [0.25, 0.3) is 10.2 Å². The zero-order valence-electron chi connectivity index (χ0n) is 15.2. The summed E-state index contributed by atoms with van der Waals surface area (Å²) in [6.45, 7) is 2.60. The Labute approximate surface area is 171 Å². The van der Waals surface area contributed by atoms with Crippen LogP contribution in [0.3, 0.4) is 0 Å². The number of thiazole rings is 1. The summed E-state index contributed by atoms with van der Waals surface area (Å²) in [5, 5.41) is 1.64. The van der Waals surface area contributed by atoms with Crippen molar-refractivity contribution in [2.75, 3.05) is 38.2 Å². The van der Waals surface area contributed by atoms with Crippen LogP contribution in [0.1, 0.15) is 20.7 Å². The standard InChI is InChI=1S/C20H18ClN3O3S/c1-27-19(26)14-4-2-3-13(11-14)18(25)23-7-9-24(10-8-23)20-22-16-6-5-15(21)12-17(16)28-20/h2-6,11-12H,7-10H2,1H3.